The predicted octanol–water partition coefficient (Wildman–Crippen LogP) is 2.36. The first kappa shape index (κ1) is 18.5. The van der Waals surface area contributed by atoms with Crippen LogP contribution in [0.4, 0.5) is 11.6 Å². The molecule has 11 heteroatoms. The second-order valence-electron chi connectivity index (χ2n) is 5.96. The summed E-state index contributed by atoms with van der Waals surface area (Å²) in [6.07, 6.45) is 3.94. The highest BCUT2D eigenvalue weighted by Crippen LogP contribution is 2.12. The summed E-state index contributed by atoms with van der Waals surface area (Å²) in [6.45, 7) is 2.38. The van der Waals surface area contributed by atoms with Crippen LogP contribution in [-0.4, -0.2) is 35.4 Å². The van der Waals surface area contributed by atoms with Gasteiger partial charge in [0.1, 0.15) is 18.7 Å². The summed E-state index contributed by atoms with van der Waals surface area (Å²) in [5.74, 6) is -0.600. The molecule has 0 saturated heterocycles. The van der Waals surface area contributed by atoms with Gasteiger partial charge in [0, 0.05) is 5.02 Å². The molecule has 0 spiro atoms. The van der Waals surface area contributed by atoms with Crippen molar-refractivity contribution in [2.24, 2.45) is 5.92 Å². The molecular weight excluding hydrogens is 374 g/mol. The fourth-order valence-electron chi connectivity index (χ4n) is 2.35. The number of anilines is 1. The van der Waals surface area contributed by atoms with Crippen LogP contribution in [-0.2, 0) is 17.9 Å². The van der Waals surface area contributed by atoms with Gasteiger partial charge in [-0.1, -0.05) is 30.7 Å². The van der Waals surface area contributed by atoms with Crippen LogP contribution < -0.4 is 5.32 Å². The second-order valence-corrected chi connectivity index (χ2v) is 6.40. The molecule has 0 aliphatic rings. The van der Waals surface area contributed by atoms with Gasteiger partial charge in [0.05, 0.1) is 23.9 Å². The van der Waals surface area contributed by atoms with E-state index >= 15 is 0 Å². The largest absolute Gasteiger partial charge is 0.306 e. The van der Waals surface area contributed by atoms with Crippen LogP contribution in [0.1, 0.15) is 12.5 Å². The van der Waals surface area contributed by atoms with Gasteiger partial charge in [-0.25, -0.2) is 9.67 Å². The van der Waals surface area contributed by atoms with Crippen molar-refractivity contribution in [3.63, 3.8) is 0 Å². The minimum absolute atomic E-state index is 0.120. The van der Waals surface area contributed by atoms with Gasteiger partial charge in [-0.15, -0.1) is 5.10 Å². The lowest BCUT2D eigenvalue weighted by molar-refractivity contribution is -0.385. The van der Waals surface area contributed by atoms with Crippen molar-refractivity contribution in [3.8, 4) is 0 Å². The van der Waals surface area contributed by atoms with Gasteiger partial charge in [0.15, 0.2) is 0 Å². The summed E-state index contributed by atoms with van der Waals surface area (Å²) >= 11 is 5.86. The number of amides is 1. The van der Waals surface area contributed by atoms with Gasteiger partial charge in [0.25, 0.3) is 0 Å². The van der Waals surface area contributed by atoms with Crippen LogP contribution in [0.5, 0.6) is 0 Å². The standard InChI is InChI=1S/C16H16ClN7O3/c1-11(7-22-9-14(6-19-22)24(26)27)15(25)20-16-18-10-23(21-16)8-12-2-4-13(17)5-3-12/h2-6,9-11H,7-8H2,1H3,(H,20,21,25). The summed E-state index contributed by atoms with van der Waals surface area (Å²) in [5, 5.41) is 22.0. The summed E-state index contributed by atoms with van der Waals surface area (Å²) in [4.78, 5) is 26.5. The molecule has 1 aromatic carbocycles. The molecule has 0 aliphatic carbocycles. The van der Waals surface area contributed by atoms with E-state index in [1.807, 2.05) is 12.1 Å². The van der Waals surface area contributed by atoms with E-state index in [1.165, 1.54) is 17.2 Å². The monoisotopic (exact) mass is 389 g/mol. The number of nitro groups is 1. The van der Waals surface area contributed by atoms with Crippen molar-refractivity contribution < 1.29 is 9.72 Å². The fourth-order valence-corrected chi connectivity index (χ4v) is 2.47. The van der Waals surface area contributed by atoms with E-state index in [-0.39, 0.29) is 24.1 Å². The Labute approximate surface area is 158 Å². The molecule has 0 saturated carbocycles. The summed E-state index contributed by atoms with van der Waals surface area (Å²) in [6, 6.07) is 7.34. The van der Waals surface area contributed by atoms with E-state index in [2.05, 4.69) is 20.5 Å². The Morgan fingerprint density at radius 2 is 2.07 bits per heavy atom. The van der Waals surface area contributed by atoms with Gasteiger partial charge < -0.3 is 0 Å². The maximum absolute atomic E-state index is 12.3. The minimum Gasteiger partial charge on any atom is -0.293 e. The SMILES string of the molecule is CC(Cn1cc([N+](=O)[O-])cn1)C(=O)Nc1ncn(Cc2ccc(Cl)cc2)n1. The zero-order chi connectivity index (χ0) is 19.4. The number of nitrogens with one attached hydrogen (secondary N) is 1. The fraction of sp³-hybridized carbons (Fsp3) is 0.250. The third kappa shape index (κ3) is 4.88. The molecule has 1 unspecified atom stereocenters. The highest BCUT2D eigenvalue weighted by Gasteiger charge is 2.18. The first-order valence-corrected chi connectivity index (χ1v) is 8.40. The topological polar surface area (TPSA) is 121 Å². The Morgan fingerprint density at radius 1 is 1.33 bits per heavy atom. The highest BCUT2D eigenvalue weighted by atomic mass is 35.5. The quantitative estimate of drug-likeness (QED) is 0.489. The van der Waals surface area contributed by atoms with Crippen LogP contribution in [0.25, 0.3) is 0 Å². The number of carbonyl (C=O) groups excluding carboxylic acids is 1. The predicted molar refractivity (Wildman–Crippen MR) is 97.3 cm³/mol. The normalized spacial score (nSPS) is 11.9. The first-order chi connectivity index (χ1) is 12.9. The van der Waals surface area contributed by atoms with Crippen molar-refractivity contribution in [1.29, 1.82) is 0 Å². The zero-order valence-electron chi connectivity index (χ0n) is 14.3. The van der Waals surface area contributed by atoms with Gasteiger partial charge in [-0.2, -0.15) is 5.10 Å². The van der Waals surface area contributed by atoms with Crippen molar-refractivity contribution >= 4 is 29.1 Å². The molecule has 1 atom stereocenters. The molecule has 3 aromatic rings. The van der Waals surface area contributed by atoms with Crippen LogP contribution in [0.2, 0.25) is 5.02 Å². The van der Waals surface area contributed by atoms with E-state index < -0.39 is 10.8 Å². The van der Waals surface area contributed by atoms with E-state index in [4.69, 9.17) is 11.6 Å². The van der Waals surface area contributed by atoms with Crippen molar-refractivity contribution in [2.75, 3.05) is 5.32 Å². The Balaban J connectivity index is 1.56. The average molecular weight is 390 g/mol. The molecule has 27 heavy (non-hydrogen) atoms. The molecule has 10 nitrogen and oxygen atoms in total. The summed E-state index contributed by atoms with van der Waals surface area (Å²) in [7, 11) is 0. The number of halogens is 1. The molecular formula is C16H16ClN7O3. The molecule has 0 fully saturated rings. The molecule has 1 amide bonds. The summed E-state index contributed by atoms with van der Waals surface area (Å²) < 4.78 is 2.95. The van der Waals surface area contributed by atoms with Crippen LogP contribution in [0.15, 0.2) is 43.0 Å². The molecule has 0 bridgehead atoms. The minimum atomic E-state index is -0.536. The third-order valence-corrected chi connectivity index (χ3v) is 4.02. The van der Waals surface area contributed by atoms with Gasteiger partial charge >= 0.3 is 5.69 Å². The summed E-state index contributed by atoms with van der Waals surface area (Å²) in [5.41, 5.74) is 0.876. The van der Waals surface area contributed by atoms with Crippen molar-refractivity contribution in [2.45, 2.75) is 20.0 Å². The maximum atomic E-state index is 12.3. The van der Waals surface area contributed by atoms with E-state index in [0.29, 0.717) is 11.6 Å². The van der Waals surface area contributed by atoms with E-state index in [1.54, 1.807) is 23.7 Å². The lowest BCUT2D eigenvalue weighted by Gasteiger charge is -2.10. The van der Waals surface area contributed by atoms with Crippen LogP contribution >= 0.6 is 11.6 Å². The molecule has 1 N–H and O–H groups in total. The zero-order valence-corrected chi connectivity index (χ0v) is 15.1. The first-order valence-electron chi connectivity index (χ1n) is 8.02. The third-order valence-electron chi connectivity index (χ3n) is 3.77. The Kier molecular flexibility index (Phi) is 5.46. The van der Waals surface area contributed by atoms with Crippen LogP contribution in [0, 0.1) is 16.0 Å². The van der Waals surface area contributed by atoms with Crippen LogP contribution in [0.3, 0.4) is 0 Å². The smallest absolute Gasteiger partial charge is 0.293 e. The van der Waals surface area contributed by atoms with Gasteiger partial charge in [0.2, 0.25) is 11.9 Å². The average Bonchev–Trinajstić information content (AvgIpc) is 3.26. The molecule has 140 valence electrons. The highest BCUT2D eigenvalue weighted by molar-refractivity contribution is 6.30. The number of aromatic nitrogens is 5. The second kappa shape index (κ2) is 7.96. The Bertz CT molecular complexity index is 951. The number of rotatable bonds is 7. The number of hydrogen-bond acceptors (Lipinski definition) is 6. The Morgan fingerprint density at radius 3 is 2.74 bits per heavy atom. The lowest BCUT2D eigenvalue weighted by Crippen LogP contribution is -2.25. The maximum Gasteiger partial charge on any atom is 0.306 e. The molecule has 3 rings (SSSR count). The van der Waals surface area contributed by atoms with Gasteiger partial charge in [-0.3, -0.25) is 24.9 Å². The molecule has 2 aromatic heterocycles. The van der Waals surface area contributed by atoms with Crippen molar-refractivity contribution in [3.05, 3.63) is 63.7 Å². The number of carbonyl (C=O) groups is 1. The number of hydrogen-bond donors (Lipinski definition) is 1. The van der Waals surface area contributed by atoms with E-state index in [9.17, 15) is 14.9 Å². The molecule has 0 radical (unpaired) electrons. The Hall–Kier alpha value is -3.27. The van der Waals surface area contributed by atoms with Gasteiger partial charge in [-0.05, 0) is 17.7 Å². The molecule has 2 heterocycles. The number of benzene rings is 1. The lowest BCUT2D eigenvalue weighted by atomic mass is 10.1. The molecule has 0 aliphatic heterocycles. The number of nitrogens with zero attached hydrogens (tertiary/aromatic N) is 6. The van der Waals surface area contributed by atoms with Crippen molar-refractivity contribution in [1.82, 2.24) is 24.5 Å². The van der Waals surface area contributed by atoms with E-state index in [0.717, 1.165) is 11.8 Å².